The fourth-order valence-electron chi connectivity index (χ4n) is 2.12. The molecule has 0 bridgehead atoms. The minimum Gasteiger partial charge on any atom is -0.364 e. The first-order valence-corrected chi connectivity index (χ1v) is 5.94. The summed E-state index contributed by atoms with van der Waals surface area (Å²) in [6.45, 7) is 2.81. The number of nitrogens with two attached hydrogens (primary N) is 1. The van der Waals surface area contributed by atoms with Crippen molar-refractivity contribution in [3.63, 3.8) is 0 Å². The first-order valence-electron chi connectivity index (χ1n) is 5.94. The van der Waals surface area contributed by atoms with Crippen LogP contribution in [0.2, 0.25) is 0 Å². The van der Waals surface area contributed by atoms with Crippen molar-refractivity contribution >= 4 is 11.6 Å². The Bertz CT molecular complexity index is 452. The van der Waals surface area contributed by atoms with Crippen molar-refractivity contribution in [2.45, 2.75) is 18.9 Å². The minimum atomic E-state index is -0.463. The summed E-state index contributed by atoms with van der Waals surface area (Å²) >= 11 is 0. The van der Waals surface area contributed by atoms with Crippen LogP contribution in [0.25, 0.3) is 0 Å². The van der Waals surface area contributed by atoms with Crippen LogP contribution in [0, 0.1) is 5.82 Å². The molecule has 1 heterocycles. The first-order chi connectivity index (χ1) is 8.54. The predicted molar refractivity (Wildman–Crippen MR) is 66.8 cm³/mol. The number of morpholine rings is 1. The summed E-state index contributed by atoms with van der Waals surface area (Å²) in [4.78, 5) is 13.4. The number of ether oxygens (including phenoxy) is 1. The molecule has 0 spiro atoms. The highest BCUT2D eigenvalue weighted by atomic mass is 19.1. The maximum atomic E-state index is 13.2. The van der Waals surface area contributed by atoms with E-state index < -0.39 is 5.60 Å². The van der Waals surface area contributed by atoms with Gasteiger partial charge in [-0.15, -0.1) is 0 Å². The van der Waals surface area contributed by atoms with Gasteiger partial charge in [0, 0.05) is 5.69 Å². The molecule has 0 aliphatic carbocycles. The molecule has 1 aromatic rings. The molecule has 1 unspecified atom stereocenters. The number of benzene rings is 1. The van der Waals surface area contributed by atoms with Gasteiger partial charge in [-0.2, -0.15) is 0 Å². The lowest BCUT2D eigenvalue weighted by Crippen LogP contribution is -2.54. The molecule has 18 heavy (non-hydrogen) atoms. The maximum Gasteiger partial charge on any atom is 0.253 e. The van der Waals surface area contributed by atoms with E-state index in [4.69, 9.17) is 10.5 Å². The second-order valence-corrected chi connectivity index (χ2v) is 4.74. The van der Waals surface area contributed by atoms with Crippen molar-refractivity contribution in [2.24, 2.45) is 5.73 Å². The zero-order chi connectivity index (χ0) is 13.2. The Labute approximate surface area is 106 Å². The molecule has 4 nitrogen and oxygen atoms in total. The van der Waals surface area contributed by atoms with E-state index in [0.717, 1.165) is 0 Å². The third-order valence-electron chi connectivity index (χ3n) is 3.13. The van der Waals surface area contributed by atoms with Crippen molar-refractivity contribution in [1.29, 1.82) is 0 Å². The highest BCUT2D eigenvalue weighted by Crippen LogP contribution is 2.26. The Kier molecular flexibility index (Phi) is 3.63. The molecular weight excluding hydrogens is 235 g/mol. The Morgan fingerprint density at radius 1 is 1.56 bits per heavy atom. The van der Waals surface area contributed by atoms with Gasteiger partial charge in [-0.1, -0.05) is 6.07 Å². The van der Waals surface area contributed by atoms with Gasteiger partial charge in [0.1, 0.15) is 12.4 Å². The smallest absolute Gasteiger partial charge is 0.253 e. The number of carbonyl (C=O) groups excluding carboxylic acids is 1. The quantitative estimate of drug-likeness (QED) is 0.882. The maximum absolute atomic E-state index is 13.2. The summed E-state index contributed by atoms with van der Waals surface area (Å²) in [7, 11) is 0. The molecule has 98 valence electrons. The average Bonchev–Trinajstić information content (AvgIpc) is 2.33. The van der Waals surface area contributed by atoms with E-state index in [1.807, 2.05) is 6.92 Å². The van der Waals surface area contributed by atoms with Gasteiger partial charge in [-0.25, -0.2) is 4.39 Å². The van der Waals surface area contributed by atoms with E-state index in [2.05, 4.69) is 0 Å². The molecule has 0 radical (unpaired) electrons. The summed E-state index contributed by atoms with van der Waals surface area (Å²) in [6, 6.07) is 6.02. The molecular formula is C13H17FN2O2. The van der Waals surface area contributed by atoms with Crippen molar-refractivity contribution in [2.75, 3.05) is 24.6 Å². The topological polar surface area (TPSA) is 55.6 Å². The van der Waals surface area contributed by atoms with Crippen LogP contribution in [0.1, 0.15) is 13.3 Å². The van der Waals surface area contributed by atoms with Gasteiger partial charge in [0.15, 0.2) is 0 Å². The van der Waals surface area contributed by atoms with E-state index in [9.17, 15) is 9.18 Å². The molecule has 1 amide bonds. The molecule has 1 atom stereocenters. The van der Waals surface area contributed by atoms with E-state index in [1.54, 1.807) is 17.0 Å². The second-order valence-electron chi connectivity index (χ2n) is 4.74. The number of nitrogens with zero attached hydrogens (tertiary/aromatic N) is 1. The summed E-state index contributed by atoms with van der Waals surface area (Å²) in [5, 5.41) is 0. The number of hydrogen-bond donors (Lipinski definition) is 1. The largest absolute Gasteiger partial charge is 0.364 e. The minimum absolute atomic E-state index is 0.00696. The molecule has 1 aliphatic rings. The van der Waals surface area contributed by atoms with Gasteiger partial charge < -0.3 is 15.4 Å². The van der Waals surface area contributed by atoms with E-state index >= 15 is 0 Å². The fourth-order valence-corrected chi connectivity index (χ4v) is 2.12. The number of rotatable bonds is 3. The van der Waals surface area contributed by atoms with Crippen LogP contribution in [0.3, 0.4) is 0 Å². The van der Waals surface area contributed by atoms with Crippen molar-refractivity contribution in [3.05, 3.63) is 30.1 Å². The summed E-state index contributed by atoms with van der Waals surface area (Å²) in [5.74, 6) is -0.512. The third kappa shape index (κ3) is 2.68. The molecule has 1 saturated heterocycles. The SMILES string of the molecule is CC1(CCN)CN(c2cccc(F)c2)C(=O)CO1. The summed E-state index contributed by atoms with van der Waals surface area (Å²) < 4.78 is 18.7. The van der Waals surface area contributed by atoms with E-state index in [-0.39, 0.29) is 18.3 Å². The molecule has 1 aromatic carbocycles. The third-order valence-corrected chi connectivity index (χ3v) is 3.13. The number of halogens is 1. The lowest BCUT2D eigenvalue weighted by Gasteiger charge is -2.40. The summed E-state index contributed by atoms with van der Waals surface area (Å²) in [6.07, 6.45) is 0.659. The molecule has 2 N–H and O–H groups in total. The van der Waals surface area contributed by atoms with Gasteiger partial charge >= 0.3 is 0 Å². The Hall–Kier alpha value is -1.46. The molecule has 1 aliphatic heterocycles. The van der Waals surface area contributed by atoms with Gasteiger partial charge in [0.2, 0.25) is 0 Å². The predicted octanol–water partition coefficient (Wildman–Crippen LogP) is 1.30. The molecule has 2 rings (SSSR count). The zero-order valence-corrected chi connectivity index (χ0v) is 10.4. The number of carbonyl (C=O) groups is 1. The van der Waals surface area contributed by atoms with Gasteiger partial charge in [0.25, 0.3) is 5.91 Å². The Morgan fingerprint density at radius 3 is 3.00 bits per heavy atom. The number of hydrogen-bond acceptors (Lipinski definition) is 3. The highest BCUT2D eigenvalue weighted by Gasteiger charge is 2.36. The zero-order valence-electron chi connectivity index (χ0n) is 10.4. The molecule has 0 saturated carbocycles. The van der Waals surface area contributed by atoms with Gasteiger partial charge in [-0.05, 0) is 38.1 Å². The van der Waals surface area contributed by atoms with Crippen LogP contribution in [0.4, 0.5) is 10.1 Å². The first kappa shape index (κ1) is 13.0. The van der Waals surface area contributed by atoms with Gasteiger partial charge in [-0.3, -0.25) is 4.79 Å². The van der Waals surface area contributed by atoms with Crippen LogP contribution >= 0.6 is 0 Å². The van der Waals surface area contributed by atoms with Gasteiger partial charge in [0.05, 0.1) is 12.1 Å². The van der Waals surface area contributed by atoms with Crippen LogP contribution < -0.4 is 10.6 Å². The van der Waals surface area contributed by atoms with Crippen molar-refractivity contribution in [3.8, 4) is 0 Å². The lowest BCUT2D eigenvalue weighted by atomic mass is 9.99. The lowest BCUT2D eigenvalue weighted by molar-refractivity contribution is -0.137. The average molecular weight is 252 g/mol. The highest BCUT2D eigenvalue weighted by molar-refractivity contribution is 5.95. The normalized spacial score (nSPS) is 24.4. The Balaban J connectivity index is 2.23. The molecule has 1 fully saturated rings. The van der Waals surface area contributed by atoms with Crippen LogP contribution in [0.15, 0.2) is 24.3 Å². The van der Waals surface area contributed by atoms with E-state index in [1.165, 1.54) is 12.1 Å². The molecule has 0 aromatic heterocycles. The standard InChI is InChI=1S/C13H17FN2O2/c1-13(5-6-15)9-16(12(17)8-18-13)11-4-2-3-10(14)7-11/h2-4,7H,5-6,8-9,15H2,1H3. The Morgan fingerprint density at radius 2 is 2.33 bits per heavy atom. The van der Waals surface area contributed by atoms with Crippen LogP contribution in [0.5, 0.6) is 0 Å². The molecule has 5 heteroatoms. The van der Waals surface area contributed by atoms with Crippen LogP contribution in [-0.4, -0.2) is 31.2 Å². The number of amides is 1. The fraction of sp³-hybridized carbons (Fsp3) is 0.462. The van der Waals surface area contributed by atoms with Crippen molar-refractivity contribution in [1.82, 2.24) is 0 Å². The monoisotopic (exact) mass is 252 g/mol. The summed E-state index contributed by atoms with van der Waals surface area (Å²) in [5.41, 5.74) is 5.64. The van der Waals surface area contributed by atoms with Crippen molar-refractivity contribution < 1.29 is 13.9 Å². The number of anilines is 1. The van der Waals surface area contributed by atoms with Crippen LogP contribution in [-0.2, 0) is 9.53 Å². The van der Waals surface area contributed by atoms with E-state index in [0.29, 0.717) is 25.2 Å². The second kappa shape index (κ2) is 5.04.